The van der Waals surface area contributed by atoms with Crippen LogP contribution in [-0.2, 0) is 59.3 Å². The number of hydrogen-bond donors (Lipinski definition) is 4. The number of hydrogen-bond acceptors (Lipinski definition) is 10. The lowest BCUT2D eigenvalue weighted by molar-refractivity contribution is -0.135. The highest BCUT2D eigenvalue weighted by atomic mass is 16.6. The van der Waals surface area contributed by atoms with E-state index in [2.05, 4.69) is 26.4 Å². The van der Waals surface area contributed by atoms with Crippen LogP contribution in [0.1, 0.15) is 76.5 Å². The lowest BCUT2D eigenvalue weighted by atomic mass is 9.93. The summed E-state index contributed by atoms with van der Waals surface area (Å²) in [6, 6.07) is 16.2. The minimum absolute atomic E-state index is 0.0412. The average molecular weight is 803 g/mol. The quantitative estimate of drug-likeness (QED) is 0.109. The number of carbonyl (C=O) groups is 6. The second-order valence-corrected chi connectivity index (χ2v) is 16.1. The standard InChI is InChI=1S/C43H58N6O9/c1-27(2)20-34(38(51)43(5)26-57-43)45-41(54)36(22-30-16-12-9-13-17-30)47-40(53)35(21-28(3)4)46-39(52)33(19-18-29-14-10-8-11-15-29)44-37(50)24-31-23-32(58-48-31)25-56-42(55)49(6)7/h8-17,23,27-28,33-36H,18-22,24-26H2,1-7H3,(H,44,50)(H,45,54)(H,46,52)(H,47,53)/t33-,34-,35-,36-,43+/m0/s1. The highest BCUT2D eigenvalue weighted by Crippen LogP contribution is 2.29. The molecule has 58 heavy (non-hydrogen) atoms. The van der Waals surface area contributed by atoms with Crippen molar-refractivity contribution in [1.82, 2.24) is 31.3 Å². The summed E-state index contributed by atoms with van der Waals surface area (Å²) in [7, 11) is 3.09. The zero-order valence-electron chi connectivity index (χ0n) is 34.5. The molecule has 1 aromatic heterocycles. The summed E-state index contributed by atoms with van der Waals surface area (Å²) in [4.78, 5) is 82.0. The van der Waals surface area contributed by atoms with Crippen molar-refractivity contribution in [1.29, 1.82) is 0 Å². The van der Waals surface area contributed by atoms with E-state index in [0.29, 0.717) is 12.8 Å². The van der Waals surface area contributed by atoms with E-state index in [1.807, 2.05) is 88.4 Å². The van der Waals surface area contributed by atoms with Crippen LogP contribution in [0.15, 0.2) is 71.3 Å². The molecule has 0 aliphatic carbocycles. The Labute approximate surface area is 340 Å². The van der Waals surface area contributed by atoms with E-state index in [0.717, 1.165) is 11.1 Å². The zero-order valence-corrected chi connectivity index (χ0v) is 34.5. The third-order valence-electron chi connectivity index (χ3n) is 9.56. The van der Waals surface area contributed by atoms with Crippen molar-refractivity contribution in [2.24, 2.45) is 11.8 Å². The maximum absolute atomic E-state index is 14.2. The number of ether oxygens (including phenoxy) is 2. The number of ketones is 1. The number of amides is 5. The van der Waals surface area contributed by atoms with Crippen molar-refractivity contribution in [3.63, 3.8) is 0 Å². The molecule has 5 atom stereocenters. The van der Waals surface area contributed by atoms with Gasteiger partial charge in [-0.3, -0.25) is 24.0 Å². The summed E-state index contributed by atoms with van der Waals surface area (Å²) >= 11 is 0. The molecule has 1 aliphatic rings. The molecule has 314 valence electrons. The second-order valence-electron chi connectivity index (χ2n) is 16.1. The van der Waals surface area contributed by atoms with Gasteiger partial charge in [0.05, 0.1) is 24.8 Å². The van der Waals surface area contributed by atoms with E-state index in [1.54, 1.807) is 21.0 Å². The molecular weight excluding hydrogens is 745 g/mol. The molecule has 1 fully saturated rings. The maximum atomic E-state index is 14.2. The van der Waals surface area contributed by atoms with E-state index in [4.69, 9.17) is 14.0 Å². The first kappa shape index (κ1) is 45.1. The molecule has 0 spiro atoms. The largest absolute Gasteiger partial charge is 0.441 e. The number of nitrogens with one attached hydrogen (secondary N) is 4. The first-order valence-electron chi connectivity index (χ1n) is 19.8. The van der Waals surface area contributed by atoms with Crippen LogP contribution in [-0.4, -0.2) is 96.0 Å². The van der Waals surface area contributed by atoms with Crippen LogP contribution in [0.2, 0.25) is 0 Å². The van der Waals surface area contributed by atoms with Gasteiger partial charge in [-0.05, 0) is 55.6 Å². The summed E-state index contributed by atoms with van der Waals surface area (Å²) in [5.74, 6) is -2.14. The highest BCUT2D eigenvalue weighted by molar-refractivity contribution is 5.98. The minimum atomic E-state index is -1.08. The normalized spacial score (nSPS) is 16.7. The number of rotatable bonds is 22. The Bertz CT molecular complexity index is 1840. The summed E-state index contributed by atoms with van der Waals surface area (Å²) in [5, 5.41) is 15.3. The Morgan fingerprint density at radius 1 is 0.759 bits per heavy atom. The van der Waals surface area contributed by atoms with Crippen LogP contribution in [0, 0.1) is 11.8 Å². The minimum Gasteiger partial charge on any atom is -0.441 e. The fraction of sp³-hybridized carbons (Fsp3) is 0.512. The molecule has 0 bridgehead atoms. The van der Waals surface area contributed by atoms with Crippen molar-refractivity contribution in [2.45, 2.75) is 110 Å². The van der Waals surface area contributed by atoms with Crippen LogP contribution in [0.5, 0.6) is 0 Å². The average Bonchev–Trinajstić information content (AvgIpc) is 3.78. The molecule has 1 aliphatic heterocycles. The van der Waals surface area contributed by atoms with Crippen molar-refractivity contribution in [3.8, 4) is 0 Å². The van der Waals surface area contributed by atoms with Gasteiger partial charge in [0.25, 0.3) is 0 Å². The molecule has 15 nitrogen and oxygen atoms in total. The van der Waals surface area contributed by atoms with Gasteiger partial charge in [0.15, 0.2) is 18.2 Å². The third kappa shape index (κ3) is 14.4. The topological polar surface area (TPSA) is 202 Å². The number of carbonyl (C=O) groups excluding carboxylic acids is 6. The highest BCUT2D eigenvalue weighted by Gasteiger charge is 2.50. The predicted octanol–water partition coefficient (Wildman–Crippen LogP) is 3.68. The van der Waals surface area contributed by atoms with Gasteiger partial charge < -0.3 is 40.2 Å². The fourth-order valence-electron chi connectivity index (χ4n) is 6.30. The monoisotopic (exact) mass is 802 g/mol. The SMILES string of the molecule is CC(C)C[C@H](NC(=O)[C@H](CCc1ccccc1)NC(=O)Cc1cc(COC(=O)N(C)C)on1)C(=O)N[C@@H](Cc1ccccc1)C(=O)N[C@@H](CC(C)C)C(=O)[C@@]1(C)CO1. The van der Waals surface area contributed by atoms with Gasteiger partial charge >= 0.3 is 6.09 Å². The number of Topliss-reactive ketones (excluding diaryl/α,β-unsaturated/α-hetero) is 1. The molecule has 2 aromatic carbocycles. The van der Waals surface area contributed by atoms with Crippen molar-refractivity contribution >= 4 is 35.5 Å². The van der Waals surface area contributed by atoms with Crippen LogP contribution < -0.4 is 21.3 Å². The molecule has 4 N–H and O–H groups in total. The molecule has 5 amide bonds. The number of aryl methyl sites for hydroxylation is 1. The van der Waals surface area contributed by atoms with Gasteiger partial charge in [-0.15, -0.1) is 0 Å². The first-order chi connectivity index (χ1) is 27.5. The molecule has 0 saturated carbocycles. The number of benzene rings is 2. The Kier molecular flexibility index (Phi) is 16.5. The van der Waals surface area contributed by atoms with Crippen LogP contribution in [0.3, 0.4) is 0 Å². The molecule has 3 aromatic rings. The van der Waals surface area contributed by atoms with Gasteiger partial charge in [-0.25, -0.2) is 4.79 Å². The molecule has 0 radical (unpaired) electrons. The Morgan fingerprint density at radius 2 is 1.29 bits per heavy atom. The molecular formula is C43H58N6O9. The van der Waals surface area contributed by atoms with Crippen LogP contribution >= 0.6 is 0 Å². The van der Waals surface area contributed by atoms with Gasteiger partial charge in [0.1, 0.15) is 23.7 Å². The second kappa shape index (κ2) is 21.3. The van der Waals surface area contributed by atoms with Crippen molar-refractivity contribution in [3.05, 3.63) is 89.3 Å². The molecule has 1 saturated heterocycles. The summed E-state index contributed by atoms with van der Waals surface area (Å²) in [5.41, 5.74) is 1.05. The first-order valence-corrected chi connectivity index (χ1v) is 19.8. The summed E-state index contributed by atoms with van der Waals surface area (Å²) in [6.07, 6.45) is 0.637. The van der Waals surface area contributed by atoms with Crippen LogP contribution in [0.25, 0.3) is 0 Å². The van der Waals surface area contributed by atoms with E-state index in [1.165, 1.54) is 11.0 Å². The lowest BCUT2D eigenvalue weighted by Crippen LogP contribution is -2.59. The molecule has 2 heterocycles. The van der Waals surface area contributed by atoms with Gasteiger partial charge in [0, 0.05) is 26.6 Å². The fourth-order valence-corrected chi connectivity index (χ4v) is 6.30. The van der Waals surface area contributed by atoms with Crippen LogP contribution in [0.4, 0.5) is 4.79 Å². The van der Waals surface area contributed by atoms with E-state index in [-0.39, 0.29) is 68.0 Å². The Balaban J connectivity index is 1.51. The number of aromatic nitrogens is 1. The molecule has 15 heteroatoms. The molecule has 0 unspecified atom stereocenters. The zero-order chi connectivity index (χ0) is 42.4. The maximum Gasteiger partial charge on any atom is 0.409 e. The van der Waals surface area contributed by atoms with Crippen molar-refractivity contribution < 1.29 is 42.8 Å². The van der Waals surface area contributed by atoms with E-state index >= 15 is 0 Å². The third-order valence-corrected chi connectivity index (χ3v) is 9.56. The predicted molar refractivity (Wildman–Crippen MR) is 215 cm³/mol. The molecule has 4 rings (SSSR count). The van der Waals surface area contributed by atoms with Gasteiger partial charge in [-0.2, -0.15) is 0 Å². The van der Waals surface area contributed by atoms with E-state index < -0.39 is 59.5 Å². The van der Waals surface area contributed by atoms with Gasteiger partial charge in [0.2, 0.25) is 23.6 Å². The summed E-state index contributed by atoms with van der Waals surface area (Å²) < 4.78 is 15.7. The lowest BCUT2D eigenvalue weighted by Gasteiger charge is -2.28. The smallest absolute Gasteiger partial charge is 0.409 e. The summed E-state index contributed by atoms with van der Waals surface area (Å²) in [6.45, 7) is 9.53. The van der Waals surface area contributed by atoms with E-state index in [9.17, 15) is 28.8 Å². The van der Waals surface area contributed by atoms with Crippen molar-refractivity contribution in [2.75, 3.05) is 20.7 Å². The Morgan fingerprint density at radius 3 is 1.88 bits per heavy atom. The Hall–Kier alpha value is -5.57. The number of epoxide rings is 1. The number of nitrogens with zero attached hydrogens (tertiary/aromatic N) is 2. The van der Waals surface area contributed by atoms with Gasteiger partial charge in [-0.1, -0.05) is 93.5 Å².